The van der Waals surface area contributed by atoms with Crippen LogP contribution in [0.4, 0.5) is 5.82 Å². The topological polar surface area (TPSA) is 85.4 Å². The largest absolute Gasteiger partial charge is 0.491 e. The number of morpholine rings is 1. The Morgan fingerprint density at radius 1 is 1.26 bits per heavy atom. The third-order valence-corrected chi connectivity index (χ3v) is 4.55. The Labute approximate surface area is 157 Å². The molecule has 27 heavy (non-hydrogen) atoms. The second-order valence-corrected chi connectivity index (χ2v) is 6.51. The molecule has 1 fully saturated rings. The number of benzene rings is 1. The summed E-state index contributed by atoms with van der Waals surface area (Å²) in [4.78, 5) is 11.1. The van der Waals surface area contributed by atoms with Crippen molar-refractivity contribution in [2.45, 2.75) is 13.0 Å². The molecule has 2 aromatic heterocycles. The zero-order chi connectivity index (χ0) is 18.6. The summed E-state index contributed by atoms with van der Waals surface area (Å²) >= 11 is 0. The number of hydrogen-bond donors (Lipinski definition) is 1. The number of hydrogen-bond acceptors (Lipinski definition) is 7. The minimum Gasteiger partial charge on any atom is -0.491 e. The first kappa shape index (κ1) is 17.7. The van der Waals surface area contributed by atoms with Gasteiger partial charge in [0.2, 0.25) is 0 Å². The Kier molecular flexibility index (Phi) is 5.17. The van der Waals surface area contributed by atoms with E-state index in [2.05, 4.69) is 32.0 Å². The van der Waals surface area contributed by atoms with Crippen LogP contribution in [0.15, 0.2) is 30.6 Å². The highest BCUT2D eigenvalue weighted by atomic mass is 16.5. The first-order valence-corrected chi connectivity index (χ1v) is 9.03. The third-order valence-electron chi connectivity index (χ3n) is 4.55. The van der Waals surface area contributed by atoms with Crippen molar-refractivity contribution in [2.24, 2.45) is 0 Å². The summed E-state index contributed by atoms with van der Waals surface area (Å²) in [5.74, 6) is 1.66. The van der Waals surface area contributed by atoms with E-state index in [-0.39, 0.29) is 6.10 Å². The monoisotopic (exact) mass is 369 g/mol. The molecule has 4 rings (SSSR count). The number of nitrogens with one attached hydrogen (secondary N) is 1. The van der Waals surface area contributed by atoms with Crippen LogP contribution in [-0.2, 0) is 9.47 Å². The van der Waals surface area contributed by atoms with Crippen LogP contribution in [0.2, 0.25) is 0 Å². The lowest BCUT2D eigenvalue weighted by atomic mass is 10.1. The van der Waals surface area contributed by atoms with Gasteiger partial charge in [-0.25, -0.2) is 9.97 Å². The van der Waals surface area contributed by atoms with Gasteiger partial charge < -0.3 is 19.1 Å². The maximum Gasteiger partial charge on any atom is 0.132 e. The predicted octanol–water partition coefficient (Wildman–Crippen LogP) is 2.27. The molecule has 0 saturated carbocycles. The molecule has 142 valence electrons. The fourth-order valence-electron chi connectivity index (χ4n) is 3.20. The summed E-state index contributed by atoms with van der Waals surface area (Å²) in [5, 5.41) is 8.49. The second kappa shape index (κ2) is 7.89. The normalized spacial score (nSPS) is 17.4. The maximum absolute atomic E-state index is 5.72. The molecule has 1 saturated heterocycles. The highest BCUT2D eigenvalue weighted by molar-refractivity contribution is 5.93. The summed E-state index contributed by atoms with van der Waals surface area (Å²) in [5.41, 5.74) is 2.50. The van der Waals surface area contributed by atoms with Gasteiger partial charge in [0.1, 0.15) is 30.2 Å². The van der Waals surface area contributed by atoms with Gasteiger partial charge in [0.05, 0.1) is 30.5 Å². The molecule has 1 N–H and O–H groups in total. The quantitative estimate of drug-likeness (QED) is 0.667. The molecule has 3 aromatic rings. The van der Waals surface area contributed by atoms with Crippen LogP contribution in [0.25, 0.3) is 22.3 Å². The SMILES string of the molecule is COCCOc1ccc2[nH]nc(-c3cc(N4CCOC(C)C4)ncn3)c2c1. The van der Waals surface area contributed by atoms with Crippen LogP contribution >= 0.6 is 0 Å². The highest BCUT2D eigenvalue weighted by Gasteiger charge is 2.19. The van der Waals surface area contributed by atoms with Crippen molar-refractivity contribution >= 4 is 16.7 Å². The Morgan fingerprint density at radius 2 is 2.19 bits per heavy atom. The van der Waals surface area contributed by atoms with Crippen LogP contribution in [0, 0.1) is 0 Å². The van der Waals surface area contributed by atoms with Crippen molar-refractivity contribution in [3.63, 3.8) is 0 Å². The molecule has 0 bridgehead atoms. The van der Waals surface area contributed by atoms with E-state index in [1.807, 2.05) is 24.3 Å². The molecule has 0 radical (unpaired) electrons. The van der Waals surface area contributed by atoms with Gasteiger partial charge >= 0.3 is 0 Å². The van der Waals surface area contributed by atoms with Gasteiger partial charge in [0.25, 0.3) is 0 Å². The van der Waals surface area contributed by atoms with Gasteiger partial charge in [0.15, 0.2) is 0 Å². The van der Waals surface area contributed by atoms with Gasteiger partial charge in [-0.05, 0) is 25.1 Å². The summed E-state index contributed by atoms with van der Waals surface area (Å²) < 4.78 is 16.4. The third kappa shape index (κ3) is 3.86. The lowest BCUT2D eigenvalue weighted by molar-refractivity contribution is 0.0529. The molecular weight excluding hydrogens is 346 g/mol. The fraction of sp³-hybridized carbons (Fsp3) is 0.421. The van der Waals surface area contributed by atoms with Gasteiger partial charge in [-0.3, -0.25) is 5.10 Å². The molecule has 1 aromatic carbocycles. The number of nitrogens with zero attached hydrogens (tertiary/aromatic N) is 4. The van der Waals surface area contributed by atoms with E-state index in [1.54, 1.807) is 13.4 Å². The molecule has 1 aliphatic heterocycles. The number of methoxy groups -OCH3 is 1. The zero-order valence-electron chi connectivity index (χ0n) is 15.5. The number of rotatable bonds is 6. The minimum absolute atomic E-state index is 0.190. The lowest BCUT2D eigenvalue weighted by Crippen LogP contribution is -2.41. The van der Waals surface area contributed by atoms with E-state index in [0.717, 1.165) is 46.9 Å². The van der Waals surface area contributed by atoms with Crippen LogP contribution < -0.4 is 9.64 Å². The van der Waals surface area contributed by atoms with E-state index in [4.69, 9.17) is 14.2 Å². The predicted molar refractivity (Wildman–Crippen MR) is 102 cm³/mol. The average molecular weight is 369 g/mol. The smallest absolute Gasteiger partial charge is 0.132 e. The molecule has 0 aliphatic carbocycles. The second-order valence-electron chi connectivity index (χ2n) is 6.51. The number of aromatic amines is 1. The number of aromatic nitrogens is 4. The van der Waals surface area contributed by atoms with E-state index in [1.165, 1.54) is 0 Å². The van der Waals surface area contributed by atoms with Crippen molar-refractivity contribution in [1.82, 2.24) is 20.2 Å². The van der Waals surface area contributed by atoms with Crippen molar-refractivity contribution in [3.05, 3.63) is 30.6 Å². The standard InChI is InChI=1S/C19H23N5O3/c1-13-11-24(5-6-26-13)18-10-17(20-12-21-18)19-15-9-14(27-8-7-25-2)3-4-16(15)22-23-19/h3-4,9-10,12-13H,5-8,11H2,1-2H3,(H,22,23). The van der Waals surface area contributed by atoms with E-state index >= 15 is 0 Å². The van der Waals surface area contributed by atoms with Gasteiger partial charge in [-0.15, -0.1) is 0 Å². The van der Waals surface area contributed by atoms with Crippen LogP contribution in [0.3, 0.4) is 0 Å². The number of H-pyrrole nitrogens is 1. The molecule has 1 aliphatic rings. The van der Waals surface area contributed by atoms with Crippen LogP contribution in [-0.4, -0.2) is 66.3 Å². The van der Waals surface area contributed by atoms with Crippen molar-refractivity contribution in [2.75, 3.05) is 44.9 Å². The molecule has 1 unspecified atom stereocenters. The fourth-order valence-corrected chi connectivity index (χ4v) is 3.20. The molecular formula is C19H23N5O3. The molecule has 1 atom stereocenters. The Bertz CT molecular complexity index is 913. The Hall–Kier alpha value is -2.71. The summed E-state index contributed by atoms with van der Waals surface area (Å²) in [6.07, 6.45) is 1.78. The summed E-state index contributed by atoms with van der Waals surface area (Å²) in [6.45, 7) is 5.45. The zero-order valence-corrected chi connectivity index (χ0v) is 15.5. The van der Waals surface area contributed by atoms with Gasteiger partial charge in [-0.1, -0.05) is 0 Å². The van der Waals surface area contributed by atoms with Crippen molar-refractivity contribution in [1.29, 1.82) is 0 Å². The van der Waals surface area contributed by atoms with Gasteiger partial charge in [0, 0.05) is 31.7 Å². The summed E-state index contributed by atoms with van der Waals surface area (Å²) in [7, 11) is 1.66. The molecule has 0 amide bonds. The first-order chi connectivity index (χ1) is 13.2. The van der Waals surface area contributed by atoms with Crippen LogP contribution in [0.1, 0.15) is 6.92 Å². The molecule has 8 nitrogen and oxygen atoms in total. The van der Waals surface area contributed by atoms with Crippen molar-refractivity contribution in [3.8, 4) is 17.1 Å². The molecule has 8 heteroatoms. The van der Waals surface area contributed by atoms with E-state index in [9.17, 15) is 0 Å². The highest BCUT2D eigenvalue weighted by Crippen LogP contribution is 2.29. The minimum atomic E-state index is 0.190. The number of anilines is 1. The van der Waals surface area contributed by atoms with E-state index in [0.29, 0.717) is 19.8 Å². The molecule has 0 spiro atoms. The van der Waals surface area contributed by atoms with Crippen LogP contribution in [0.5, 0.6) is 5.75 Å². The molecule has 3 heterocycles. The Balaban J connectivity index is 1.63. The number of ether oxygens (including phenoxy) is 3. The number of fused-ring (bicyclic) bond motifs is 1. The lowest BCUT2D eigenvalue weighted by Gasteiger charge is -2.31. The van der Waals surface area contributed by atoms with Crippen molar-refractivity contribution < 1.29 is 14.2 Å². The first-order valence-electron chi connectivity index (χ1n) is 9.03. The van der Waals surface area contributed by atoms with E-state index < -0.39 is 0 Å². The summed E-state index contributed by atoms with van der Waals surface area (Å²) in [6, 6.07) is 7.83. The van der Waals surface area contributed by atoms with Gasteiger partial charge in [-0.2, -0.15) is 5.10 Å². The average Bonchev–Trinajstić information content (AvgIpc) is 3.12. The maximum atomic E-state index is 5.72. The Morgan fingerprint density at radius 3 is 3.04 bits per heavy atom.